The summed E-state index contributed by atoms with van der Waals surface area (Å²) in [6.07, 6.45) is -7.90. The first-order valence-electron chi connectivity index (χ1n) is 11.5. The third-order valence-electron chi connectivity index (χ3n) is 4.78. The fraction of sp³-hybridized carbons (Fsp3) is 0.565. The number of nitrogens with one attached hydrogen (secondary N) is 4. The molecule has 1 aromatic rings. The van der Waals surface area contributed by atoms with E-state index in [2.05, 4.69) is 10.6 Å². The van der Waals surface area contributed by atoms with Crippen LogP contribution in [0, 0.1) is 0 Å². The average Bonchev–Trinajstić information content (AvgIpc) is 2.81. The quantitative estimate of drug-likeness (QED) is 0.219. The summed E-state index contributed by atoms with van der Waals surface area (Å²) in [5.74, 6) is -2.37. The van der Waals surface area contributed by atoms with Crippen molar-refractivity contribution in [3.8, 4) is 17.2 Å². The number of hydrazine groups is 1. The summed E-state index contributed by atoms with van der Waals surface area (Å²) in [7, 11) is 4.16. The van der Waals surface area contributed by atoms with Crippen LogP contribution >= 0.6 is 0 Å². The Bertz CT molecular complexity index is 1000. The smallest absolute Gasteiger partial charge is 0.408 e. The maximum absolute atomic E-state index is 13.6. The fourth-order valence-electron chi connectivity index (χ4n) is 3.05. The molecule has 0 saturated carbocycles. The van der Waals surface area contributed by atoms with E-state index in [1.807, 2.05) is 0 Å². The van der Waals surface area contributed by atoms with Crippen LogP contribution in [0.1, 0.15) is 39.2 Å². The van der Waals surface area contributed by atoms with Gasteiger partial charge < -0.3 is 35.3 Å². The number of primary amides is 1. The Labute approximate surface area is 223 Å². The van der Waals surface area contributed by atoms with Crippen molar-refractivity contribution in [3.63, 3.8) is 0 Å². The number of alkyl carbamates (subject to hydrolysis) is 1. The highest BCUT2D eigenvalue weighted by atomic mass is 19.4. The Hall–Kier alpha value is -3.95. The van der Waals surface area contributed by atoms with Crippen LogP contribution < -0.4 is 41.4 Å². The predicted octanol–water partition coefficient (Wildman–Crippen LogP) is 1.04. The van der Waals surface area contributed by atoms with E-state index >= 15 is 0 Å². The molecule has 4 amide bonds. The van der Waals surface area contributed by atoms with E-state index in [9.17, 15) is 32.3 Å². The maximum atomic E-state index is 13.6. The van der Waals surface area contributed by atoms with Crippen LogP contribution in [0.2, 0.25) is 0 Å². The van der Waals surface area contributed by atoms with E-state index in [-0.39, 0.29) is 18.0 Å². The molecule has 0 bridgehead atoms. The van der Waals surface area contributed by atoms with Gasteiger partial charge >= 0.3 is 12.3 Å². The summed E-state index contributed by atoms with van der Waals surface area (Å²) >= 11 is 0. The van der Waals surface area contributed by atoms with E-state index in [4.69, 9.17) is 24.7 Å². The molecular weight excluding hydrogens is 531 g/mol. The standard InChI is InChI=1S/C23H34F3N5O8/c1-22(2,3)39-21(35)29-13(9-17(27)32)20(34)31-30-16(23(24,25)26)10-18(33)28-11-12-7-14(36-4)19(38-6)15(8-12)37-5/h7-8,13,16,30H,9-11H2,1-6H3,(H2,27,32)(H,28,33)(H,29,35)(H,31,34)/t13-,16?/m0/s1. The molecule has 0 saturated heterocycles. The number of halogens is 3. The van der Waals surface area contributed by atoms with Gasteiger partial charge in [-0.3, -0.25) is 19.8 Å². The Kier molecular flexibility index (Phi) is 12.1. The molecule has 0 radical (unpaired) electrons. The fourth-order valence-corrected chi connectivity index (χ4v) is 3.05. The number of carbonyl (C=O) groups is 4. The molecule has 6 N–H and O–H groups in total. The Morgan fingerprint density at radius 2 is 1.51 bits per heavy atom. The number of hydrogen-bond acceptors (Lipinski definition) is 9. The van der Waals surface area contributed by atoms with Gasteiger partial charge in [0.2, 0.25) is 17.6 Å². The van der Waals surface area contributed by atoms with Crippen LogP contribution in [0.3, 0.4) is 0 Å². The molecule has 39 heavy (non-hydrogen) atoms. The van der Waals surface area contributed by atoms with Crippen molar-refractivity contribution in [2.24, 2.45) is 5.73 Å². The van der Waals surface area contributed by atoms with Crippen LogP contribution in [-0.2, 0) is 25.7 Å². The van der Waals surface area contributed by atoms with Gasteiger partial charge in [0.05, 0.1) is 34.2 Å². The topological polar surface area (TPSA) is 179 Å². The molecular formula is C23H34F3N5O8. The minimum atomic E-state index is -4.96. The molecule has 0 aliphatic rings. The number of benzene rings is 1. The molecule has 2 atom stereocenters. The summed E-state index contributed by atoms with van der Waals surface area (Å²) < 4.78 is 61.3. The van der Waals surface area contributed by atoms with E-state index in [1.165, 1.54) is 54.2 Å². The molecule has 0 aliphatic heterocycles. The maximum Gasteiger partial charge on any atom is 0.408 e. The van der Waals surface area contributed by atoms with Crippen molar-refractivity contribution >= 4 is 23.8 Å². The first-order chi connectivity index (χ1) is 18.0. The second-order valence-electron chi connectivity index (χ2n) is 9.11. The first kappa shape index (κ1) is 33.1. The summed E-state index contributed by atoms with van der Waals surface area (Å²) in [5.41, 5.74) is 8.07. The largest absolute Gasteiger partial charge is 0.493 e. The van der Waals surface area contributed by atoms with Crippen molar-refractivity contribution < 1.29 is 51.3 Å². The Morgan fingerprint density at radius 1 is 0.949 bits per heavy atom. The number of alkyl halides is 3. The van der Waals surface area contributed by atoms with Crippen LogP contribution in [0.25, 0.3) is 0 Å². The Balaban J connectivity index is 2.87. The highest BCUT2D eigenvalue weighted by Crippen LogP contribution is 2.38. The lowest BCUT2D eigenvalue weighted by atomic mass is 10.1. The third-order valence-corrected chi connectivity index (χ3v) is 4.78. The van der Waals surface area contributed by atoms with Crippen LogP contribution in [0.5, 0.6) is 17.2 Å². The molecule has 16 heteroatoms. The lowest BCUT2D eigenvalue weighted by molar-refractivity contribution is -0.165. The molecule has 0 fully saturated rings. The normalized spacial score (nSPS) is 12.9. The highest BCUT2D eigenvalue weighted by Gasteiger charge is 2.41. The molecule has 0 spiro atoms. The van der Waals surface area contributed by atoms with Crippen molar-refractivity contribution in [3.05, 3.63) is 17.7 Å². The van der Waals surface area contributed by atoms with Crippen molar-refractivity contribution in [1.29, 1.82) is 0 Å². The zero-order valence-electron chi connectivity index (χ0n) is 22.4. The monoisotopic (exact) mass is 565 g/mol. The minimum Gasteiger partial charge on any atom is -0.493 e. The number of ether oxygens (including phenoxy) is 4. The molecule has 0 aromatic heterocycles. The van der Waals surface area contributed by atoms with Gasteiger partial charge in [0, 0.05) is 6.54 Å². The number of amides is 4. The molecule has 1 aromatic carbocycles. The van der Waals surface area contributed by atoms with Gasteiger partial charge in [0.1, 0.15) is 17.7 Å². The van der Waals surface area contributed by atoms with Gasteiger partial charge in [-0.15, -0.1) is 0 Å². The number of carbonyl (C=O) groups excluding carboxylic acids is 4. The summed E-state index contributed by atoms with van der Waals surface area (Å²) in [5, 5.41) is 4.42. The zero-order chi connectivity index (χ0) is 30.0. The van der Waals surface area contributed by atoms with Crippen molar-refractivity contribution in [2.45, 2.75) is 64.0 Å². The number of rotatable bonds is 13. The molecule has 220 valence electrons. The number of methoxy groups -OCH3 is 3. The molecule has 1 rings (SSSR count). The van der Waals surface area contributed by atoms with E-state index < -0.39 is 60.5 Å². The summed E-state index contributed by atoms with van der Waals surface area (Å²) in [4.78, 5) is 48.0. The average molecular weight is 566 g/mol. The number of nitrogens with two attached hydrogens (primary N) is 1. The van der Waals surface area contributed by atoms with E-state index in [1.54, 1.807) is 10.9 Å². The van der Waals surface area contributed by atoms with Crippen LogP contribution in [0.15, 0.2) is 12.1 Å². The molecule has 13 nitrogen and oxygen atoms in total. The summed E-state index contributed by atoms with van der Waals surface area (Å²) in [6, 6.07) is -1.14. The lowest BCUT2D eigenvalue weighted by Crippen LogP contribution is -2.58. The second kappa shape index (κ2) is 14.3. The SMILES string of the molecule is COc1cc(CNC(=O)CC(NNC(=O)[C@H](CC(N)=O)NC(=O)OC(C)(C)C)C(F)(F)F)cc(OC)c1OC. The van der Waals surface area contributed by atoms with E-state index in [0.717, 1.165) is 0 Å². The third kappa shape index (κ3) is 11.5. The van der Waals surface area contributed by atoms with Gasteiger partial charge in [-0.25, -0.2) is 10.2 Å². The van der Waals surface area contributed by atoms with Gasteiger partial charge in [-0.2, -0.15) is 13.2 Å². The zero-order valence-corrected chi connectivity index (χ0v) is 22.4. The van der Waals surface area contributed by atoms with Crippen molar-refractivity contribution in [1.82, 2.24) is 21.5 Å². The minimum absolute atomic E-state index is 0.174. The molecule has 0 heterocycles. The Morgan fingerprint density at radius 3 is 1.95 bits per heavy atom. The van der Waals surface area contributed by atoms with E-state index in [0.29, 0.717) is 11.3 Å². The lowest BCUT2D eigenvalue weighted by Gasteiger charge is -2.25. The van der Waals surface area contributed by atoms with Crippen LogP contribution in [0.4, 0.5) is 18.0 Å². The van der Waals surface area contributed by atoms with Gasteiger partial charge in [0.25, 0.3) is 5.91 Å². The molecule has 0 aliphatic carbocycles. The summed E-state index contributed by atoms with van der Waals surface area (Å²) in [6.45, 7) is 4.45. The first-order valence-corrected chi connectivity index (χ1v) is 11.5. The van der Waals surface area contributed by atoms with Crippen LogP contribution in [-0.4, -0.2) is 69.0 Å². The van der Waals surface area contributed by atoms with Gasteiger partial charge in [-0.1, -0.05) is 0 Å². The highest BCUT2D eigenvalue weighted by molar-refractivity contribution is 5.90. The van der Waals surface area contributed by atoms with Gasteiger partial charge in [0.15, 0.2) is 11.5 Å². The number of hydrogen-bond donors (Lipinski definition) is 5. The molecule has 1 unspecified atom stereocenters. The van der Waals surface area contributed by atoms with Gasteiger partial charge in [-0.05, 0) is 38.5 Å². The second-order valence-corrected chi connectivity index (χ2v) is 9.11. The van der Waals surface area contributed by atoms with Crippen molar-refractivity contribution in [2.75, 3.05) is 21.3 Å². The predicted molar refractivity (Wildman–Crippen MR) is 131 cm³/mol.